The van der Waals surface area contributed by atoms with E-state index in [1.54, 1.807) is 36.4 Å². The lowest BCUT2D eigenvalue weighted by Crippen LogP contribution is -2.13. The summed E-state index contributed by atoms with van der Waals surface area (Å²) >= 11 is 5.84. The number of aryl methyl sites for hydroxylation is 1. The zero-order valence-electron chi connectivity index (χ0n) is 27.4. The summed E-state index contributed by atoms with van der Waals surface area (Å²) in [5.74, 6) is -0.535. The molecule has 4 aromatic heterocycles. The molecule has 0 spiro atoms. The van der Waals surface area contributed by atoms with Crippen molar-refractivity contribution in [2.24, 2.45) is 0 Å². The number of benzene rings is 2. The van der Waals surface area contributed by atoms with E-state index >= 15 is 0 Å². The number of ether oxygens (including phenoxy) is 2. The number of halogens is 7. The van der Waals surface area contributed by atoms with Gasteiger partial charge in [-0.3, -0.25) is 19.6 Å². The Morgan fingerprint density at radius 2 is 1.07 bits per heavy atom. The molecule has 2 amide bonds. The first-order chi connectivity index (χ1) is 25.6. The lowest BCUT2D eigenvalue weighted by molar-refractivity contribution is -0.142. The third-order valence-corrected chi connectivity index (χ3v) is 6.81. The van der Waals surface area contributed by atoms with Gasteiger partial charge in [-0.2, -0.15) is 36.3 Å². The van der Waals surface area contributed by atoms with Gasteiger partial charge in [0.05, 0.1) is 37.2 Å². The van der Waals surface area contributed by atoms with E-state index in [0.717, 1.165) is 42.2 Å². The van der Waals surface area contributed by atoms with Gasteiger partial charge >= 0.3 is 12.4 Å². The van der Waals surface area contributed by atoms with Crippen LogP contribution in [0.1, 0.15) is 37.7 Å². The zero-order chi connectivity index (χ0) is 38.9. The molecule has 0 bridgehead atoms. The number of hydrogen-bond acceptors (Lipinski definition) is 10. The van der Waals surface area contributed by atoms with Gasteiger partial charge in [0, 0.05) is 16.1 Å². The number of carbonyl (C=O) groups excluding carboxylic acids is 2. The topological polar surface area (TPSA) is 154 Å². The zero-order valence-corrected chi connectivity index (χ0v) is 28.1. The molecule has 0 radical (unpaired) electrons. The van der Waals surface area contributed by atoms with Crippen LogP contribution in [-0.2, 0) is 12.4 Å². The molecular weight excluding hydrogens is 746 g/mol. The standard InChI is InChI=1S/C18H13F3N4O2.C17H10ClF3N4O2/c1-11-3-2-4-12(7-11)17(26)25-15-9-22-10-16(24-15)27-13-5-6-14(23-8-13)18(19,20)21;18-11-3-1-2-10(6-11)16(26)25-14-8-22-9-15(24-14)27-12-4-5-13(23-7-12)17(19,20)21/h2-10H,1H3,(H,24,25,26);1-9H,(H,24,25,26). The lowest BCUT2D eigenvalue weighted by atomic mass is 10.1. The van der Waals surface area contributed by atoms with Crippen molar-refractivity contribution in [2.75, 3.05) is 10.6 Å². The summed E-state index contributed by atoms with van der Waals surface area (Å²) in [6.07, 6.45) is -2.09. The Balaban J connectivity index is 0.000000208. The highest BCUT2D eigenvalue weighted by Crippen LogP contribution is 2.30. The number of nitrogens with zero attached hydrogens (tertiary/aromatic N) is 6. The van der Waals surface area contributed by atoms with Crippen LogP contribution in [0.25, 0.3) is 0 Å². The molecule has 0 fully saturated rings. The van der Waals surface area contributed by atoms with Gasteiger partial charge in [-0.1, -0.05) is 35.4 Å². The van der Waals surface area contributed by atoms with Crippen LogP contribution in [0.3, 0.4) is 0 Å². The minimum atomic E-state index is -4.54. The predicted molar refractivity (Wildman–Crippen MR) is 181 cm³/mol. The summed E-state index contributed by atoms with van der Waals surface area (Å²) in [5.41, 5.74) is -0.359. The van der Waals surface area contributed by atoms with Crippen LogP contribution >= 0.6 is 11.6 Å². The first-order valence-corrected chi connectivity index (χ1v) is 15.5. The maximum Gasteiger partial charge on any atom is 0.433 e. The van der Waals surface area contributed by atoms with E-state index in [1.165, 1.54) is 30.9 Å². The molecule has 0 aliphatic rings. The molecule has 54 heavy (non-hydrogen) atoms. The highest BCUT2D eigenvalue weighted by molar-refractivity contribution is 6.31. The van der Waals surface area contributed by atoms with Gasteiger partial charge in [-0.25, -0.2) is 9.97 Å². The molecule has 0 aliphatic heterocycles. The Labute approximate surface area is 306 Å². The molecule has 6 aromatic rings. The van der Waals surface area contributed by atoms with E-state index in [1.807, 2.05) is 13.0 Å². The molecule has 4 heterocycles. The second-order valence-corrected chi connectivity index (χ2v) is 11.2. The molecule has 0 aliphatic carbocycles. The summed E-state index contributed by atoms with van der Waals surface area (Å²) in [6.45, 7) is 1.86. The maximum absolute atomic E-state index is 12.5. The van der Waals surface area contributed by atoms with E-state index in [2.05, 4.69) is 40.5 Å². The molecule has 276 valence electrons. The van der Waals surface area contributed by atoms with Crippen LogP contribution in [0.2, 0.25) is 5.02 Å². The molecule has 0 saturated carbocycles. The fourth-order valence-corrected chi connectivity index (χ4v) is 4.36. The van der Waals surface area contributed by atoms with Crippen molar-refractivity contribution >= 4 is 35.1 Å². The van der Waals surface area contributed by atoms with Gasteiger partial charge in [-0.05, 0) is 61.5 Å². The molecule has 2 N–H and O–H groups in total. The van der Waals surface area contributed by atoms with Gasteiger partial charge in [-0.15, -0.1) is 0 Å². The van der Waals surface area contributed by atoms with Crippen molar-refractivity contribution in [3.05, 3.63) is 143 Å². The van der Waals surface area contributed by atoms with Gasteiger partial charge < -0.3 is 20.1 Å². The largest absolute Gasteiger partial charge is 0.436 e. The number of alkyl halides is 6. The van der Waals surface area contributed by atoms with Crippen molar-refractivity contribution < 1.29 is 45.4 Å². The van der Waals surface area contributed by atoms with Crippen LogP contribution in [0, 0.1) is 6.92 Å². The van der Waals surface area contributed by atoms with Gasteiger partial charge in [0.2, 0.25) is 11.8 Å². The Bertz CT molecular complexity index is 2080. The quantitative estimate of drug-likeness (QED) is 0.144. The minimum absolute atomic E-state index is 0.00130. The average Bonchev–Trinajstić information content (AvgIpc) is 3.12. The number of anilines is 2. The minimum Gasteiger partial charge on any atom is -0.436 e. The SMILES string of the molecule is Cc1cccc(C(=O)Nc2cncc(Oc3ccc(C(F)(F)F)nc3)n2)c1.O=C(Nc1cncc(Oc2ccc(C(F)(F)F)nc2)n1)c1cccc(Cl)c1. The number of carbonyl (C=O) groups is 2. The number of rotatable bonds is 8. The van der Waals surface area contributed by atoms with E-state index in [-0.39, 0.29) is 40.8 Å². The third kappa shape index (κ3) is 11.2. The van der Waals surface area contributed by atoms with Crippen molar-refractivity contribution in [1.82, 2.24) is 29.9 Å². The summed E-state index contributed by atoms with van der Waals surface area (Å²) in [7, 11) is 0. The Morgan fingerprint density at radius 1 is 0.611 bits per heavy atom. The average molecular weight is 769 g/mol. The molecule has 6 rings (SSSR count). The highest BCUT2D eigenvalue weighted by atomic mass is 35.5. The van der Waals surface area contributed by atoms with Crippen molar-refractivity contribution in [3.8, 4) is 23.3 Å². The van der Waals surface area contributed by atoms with E-state index in [4.69, 9.17) is 21.1 Å². The van der Waals surface area contributed by atoms with E-state index < -0.39 is 29.6 Å². The predicted octanol–water partition coefficient (Wildman–Crippen LogP) is 8.83. The maximum atomic E-state index is 12.5. The van der Waals surface area contributed by atoms with Gasteiger partial charge in [0.15, 0.2) is 11.6 Å². The Kier molecular flexibility index (Phi) is 12.0. The molecule has 0 unspecified atom stereocenters. The molecular formula is C35H23ClF6N8O4. The number of hydrogen-bond donors (Lipinski definition) is 2. The second-order valence-electron chi connectivity index (χ2n) is 10.7. The number of pyridine rings is 2. The van der Waals surface area contributed by atoms with Crippen molar-refractivity contribution in [3.63, 3.8) is 0 Å². The summed E-state index contributed by atoms with van der Waals surface area (Å²) in [5, 5.41) is 5.51. The van der Waals surface area contributed by atoms with Crippen LogP contribution in [0.5, 0.6) is 23.3 Å². The van der Waals surface area contributed by atoms with Crippen LogP contribution < -0.4 is 20.1 Å². The molecule has 12 nitrogen and oxygen atoms in total. The monoisotopic (exact) mass is 768 g/mol. The Hall–Kier alpha value is -6.69. The summed E-state index contributed by atoms with van der Waals surface area (Å²) in [4.78, 5) is 46.8. The fourth-order valence-electron chi connectivity index (χ4n) is 4.17. The first kappa shape index (κ1) is 38.5. The summed E-state index contributed by atoms with van der Waals surface area (Å²) < 4.78 is 85.8. The van der Waals surface area contributed by atoms with Crippen LogP contribution in [-0.4, -0.2) is 41.7 Å². The molecule has 19 heteroatoms. The highest BCUT2D eigenvalue weighted by Gasteiger charge is 2.33. The summed E-state index contributed by atoms with van der Waals surface area (Å²) in [6, 6.07) is 17.1. The molecule has 0 saturated heterocycles. The van der Waals surface area contributed by atoms with Crippen LogP contribution in [0.4, 0.5) is 38.0 Å². The number of amides is 2. The number of nitrogens with one attached hydrogen (secondary N) is 2. The van der Waals surface area contributed by atoms with E-state index in [9.17, 15) is 35.9 Å². The Morgan fingerprint density at radius 3 is 1.48 bits per heavy atom. The molecule has 0 atom stereocenters. The van der Waals surface area contributed by atoms with Crippen molar-refractivity contribution in [1.29, 1.82) is 0 Å². The number of aromatic nitrogens is 6. The lowest BCUT2D eigenvalue weighted by Gasteiger charge is -2.09. The van der Waals surface area contributed by atoms with Gasteiger partial charge in [0.25, 0.3) is 11.8 Å². The van der Waals surface area contributed by atoms with Gasteiger partial charge in [0.1, 0.15) is 22.9 Å². The third-order valence-electron chi connectivity index (χ3n) is 6.57. The smallest absolute Gasteiger partial charge is 0.433 e. The second kappa shape index (κ2) is 16.8. The normalized spacial score (nSPS) is 11.1. The van der Waals surface area contributed by atoms with Crippen LogP contribution in [0.15, 0.2) is 110 Å². The van der Waals surface area contributed by atoms with E-state index in [0.29, 0.717) is 16.1 Å². The van der Waals surface area contributed by atoms with Crippen molar-refractivity contribution in [2.45, 2.75) is 19.3 Å². The first-order valence-electron chi connectivity index (χ1n) is 15.1. The fraction of sp³-hybridized carbons (Fsp3) is 0.0857. The molecule has 2 aromatic carbocycles.